The molecule has 5 rings (SSSR count). The van der Waals surface area contributed by atoms with Crippen LogP contribution in [0.25, 0.3) is 0 Å². The maximum atomic E-state index is 5.77. The van der Waals surface area contributed by atoms with E-state index >= 15 is 0 Å². The Morgan fingerprint density at radius 3 is 2.89 bits per heavy atom. The van der Waals surface area contributed by atoms with Crippen LogP contribution < -0.4 is 19.5 Å². The predicted molar refractivity (Wildman–Crippen MR) is 103 cm³/mol. The van der Waals surface area contributed by atoms with E-state index in [0.29, 0.717) is 19.1 Å². The van der Waals surface area contributed by atoms with Gasteiger partial charge < -0.3 is 24.1 Å². The summed E-state index contributed by atoms with van der Waals surface area (Å²) in [5.74, 6) is 5.08. The molecule has 0 saturated carbocycles. The van der Waals surface area contributed by atoms with Gasteiger partial charge in [-0.05, 0) is 25.5 Å². The van der Waals surface area contributed by atoms with Gasteiger partial charge in [0.2, 0.25) is 0 Å². The molecule has 1 aromatic heterocycles. The van der Waals surface area contributed by atoms with Crippen LogP contribution in [0.2, 0.25) is 0 Å². The van der Waals surface area contributed by atoms with Gasteiger partial charge in [-0.3, -0.25) is 4.90 Å². The second kappa shape index (κ2) is 7.60. The van der Waals surface area contributed by atoms with Crippen molar-refractivity contribution in [3.05, 3.63) is 29.3 Å². The standard InChI is InChI=1S/C20H27N5O3/c1-26-16-10-18-17(27-7-8-28-18)9-15(16)13-24-5-2-3-14(12-24)20-23-22-19-11-21-4-6-25(19)20/h9-10,14,21H,2-8,11-13H2,1H3/t14-/m1/s1. The van der Waals surface area contributed by atoms with Crippen LogP contribution in [0.1, 0.15) is 36.0 Å². The van der Waals surface area contributed by atoms with Gasteiger partial charge in [0.25, 0.3) is 0 Å². The Bertz CT molecular complexity index is 853. The second-order valence-electron chi connectivity index (χ2n) is 7.68. The van der Waals surface area contributed by atoms with Crippen LogP contribution in [0.5, 0.6) is 17.2 Å². The number of nitrogens with zero attached hydrogens (tertiary/aromatic N) is 4. The molecule has 1 aromatic carbocycles. The highest BCUT2D eigenvalue weighted by atomic mass is 16.6. The number of methoxy groups -OCH3 is 1. The van der Waals surface area contributed by atoms with E-state index in [1.165, 1.54) is 6.42 Å². The topological polar surface area (TPSA) is 73.7 Å². The van der Waals surface area contributed by atoms with Crippen molar-refractivity contribution in [2.75, 3.05) is 40.0 Å². The van der Waals surface area contributed by atoms with Gasteiger partial charge in [-0.15, -0.1) is 10.2 Å². The maximum absolute atomic E-state index is 5.77. The third-order valence-electron chi connectivity index (χ3n) is 5.86. The molecule has 4 heterocycles. The van der Waals surface area contributed by atoms with Gasteiger partial charge in [0, 0.05) is 43.7 Å². The summed E-state index contributed by atoms with van der Waals surface area (Å²) in [4.78, 5) is 2.49. The predicted octanol–water partition coefficient (Wildman–Crippen LogP) is 1.54. The van der Waals surface area contributed by atoms with Gasteiger partial charge in [0.15, 0.2) is 11.5 Å². The fourth-order valence-corrected chi connectivity index (χ4v) is 4.49. The van der Waals surface area contributed by atoms with Crippen molar-refractivity contribution in [3.63, 3.8) is 0 Å². The van der Waals surface area contributed by atoms with E-state index in [-0.39, 0.29) is 0 Å². The molecule has 0 amide bonds. The van der Waals surface area contributed by atoms with Crippen molar-refractivity contribution >= 4 is 0 Å². The van der Waals surface area contributed by atoms with Gasteiger partial charge >= 0.3 is 0 Å². The lowest BCUT2D eigenvalue weighted by atomic mass is 9.96. The molecule has 0 aliphatic carbocycles. The number of nitrogens with one attached hydrogen (secondary N) is 1. The Hall–Kier alpha value is -2.32. The van der Waals surface area contributed by atoms with E-state index in [4.69, 9.17) is 14.2 Å². The van der Waals surface area contributed by atoms with Gasteiger partial charge in [0.05, 0.1) is 13.7 Å². The molecule has 3 aliphatic rings. The maximum Gasteiger partial charge on any atom is 0.165 e. The van der Waals surface area contributed by atoms with E-state index in [0.717, 1.165) is 80.2 Å². The Balaban J connectivity index is 1.34. The summed E-state index contributed by atoms with van der Waals surface area (Å²) in [6, 6.07) is 4.02. The van der Waals surface area contributed by atoms with Crippen molar-refractivity contribution in [1.82, 2.24) is 25.0 Å². The van der Waals surface area contributed by atoms with Gasteiger partial charge in [-0.25, -0.2) is 0 Å². The number of hydrogen-bond donors (Lipinski definition) is 1. The van der Waals surface area contributed by atoms with E-state index in [1.54, 1.807) is 7.11 Å². The Labute approximate surface area is 164 Å². The molecule has 1 saturated heterocycles. The number of hydrogen-bond acceptors (Lipinski definition) is 7. The number of likely N-dealkylation sites (tertiary alicyclic amines) is 1. The van der Waals surface area contributed by atoms with Crippen molar-refractivity contribution < 1.29 is 14.2 Å². The first-order chi connectivity index (χ1) is 13.8. The van der Waals surface area contributed by atoms with E-state index in [2.05, 4.69) is 31.0 Å². The summed E-state index contributed by atoms with van der Waals surface area (Å²) >= 11 is 0. The third kappa shape index (κ3) is 3.31. The van der Waals surface area contributed by atoms with Crippen LogP contribution in [0.15, 0.2) is 12.1 Å². The molecule has 8 nitrogen and oxygen atoms in total. The zero-order valence-corrected chi connectivity index (χ0v) is 16.3. The molecule has 2 aromatic rings. The van der Waals surface area contributed by atoms with Crippen LogP contribution in [0.3, 0.4) is 0 Å². The zero-order chi connectivity index (χ0) is 18.9. The molecule has 0 radical (unpaired) electrons. The number of fused-ring (bicyclic) bond motifs is 2. The quantitative estimate of drug-likeness (QED) is 0.856. The summed E-state index contributed by atoms with van der Waals surface area (Å²) in [6.07, 6.45) is 2.33. The van der Waals surface area contributed by atoms with Gasteiger partial charge in [-0.1, -0.05) is 0 Å². The van der Waals surface area contributed by atoms with E-state index < -0.39 is 0 Å². The first-order valence-electron chi connectivity index (χ1n) is 10.1. The van der Waals surface area contributed by atoms with Crippen molar-refractivity contribution in [2.45, 2.75) is 38.4 Å². The van der Waals surface area contributed by atoms with Gasteiger partial charge in [0.1, 0.15) is 30.6 Å². The number of benzene rings is 1. The summed E-state index contributed by atoms with van der Waals surface area (Å²) in [5, 5.41) is 12.3. The van der Waals surface area contributed by atoms with Crippen LogP contribution in [0, 0.1) is 0 Å². The van der Waals surface area contributed by atoms with Crippen LogP contribution in [0.4, 0.5) is 0 Å². The second-order valence-corrected chi connectivity index (χ2v) is 7.68. The van der Waals surface area contributed by atoms with Crippen molar-refractivity contribution in [2.24, 2.45) is 0 Å². The zero-order valence-electron chi connectivity index (χ0n) is 16.3. The third-order valence-corrected chi connectivity index (χ3v) is 5.86. The number of ether oxygens (including phenoxy) is 3. The minimum atomic E-state index is 0.427. The van der Waals surface area contributed by atoms with Crippen LogP contribution >= 0.6 is 0 Å². The SMILES string of the molecule is COc1cc2c(cc1CN1CCC[C@@H](c3nnc4n3CCNC4)C1)OCCO2. The summed E-state index contributed by atoms with van der Waals surface area (Å²) in [5.41, 5.74) is 1.14. The lowest BCUT2D eigenvalue weighted by molar-refractivity contribution is 0.168. The van der Waals surface area contributed by atoms with E-state index in [9.17, 15) is 0 Å². The minimum absolute atomic E-state index is 0.427. The normalized spacial score (nSPS) is 22.0. The molecule has 1 atom stereocenters. The molecule has 3 aliphatic heterocycles. The monoisotopic (exact) mass is 385 g/mol. The first-order valence-corrected chi connectivity index (χ1v) is 10.1. The molecule has 0 spiro atoms. The van der Waals surface area contributed by atoms with Crippen LogP contribution in [-0.4, -0.2) is 59.6 Å². The average Bonchev–Trinajstić information content (AvgIpc) is 3.18. The highest BCUT2D eigenvalue weighted by Crippen LogP contribution is 2.38. The van der Waals surface area contributed by atoms with Crippen molar-refractivity contribution in [1.29, 1.82) is 0 Å². The molecule has 0 bridgehead atoms. The molecular formula is C20H27N5O3. The Morgan fingerprint density at radius 2 is 2.04 bits per heavy atom. The van der Waals surface area contributed by atoms with E-state index in [1.807, 2.05) is 6.07 Å². The lowest BCUT2D eigenvalue weighted by Crippen LogP contribution is -2.36. The summed E-state index contributed by atoms with van der Waals surface area (Å²) < 4.78 is 19.4. The smallest absolute Gasteiger partial charge is 0.165 e. The largest absolute Gasteiger partial charge is 0.496 e. The van der Waals surface area contributed by atoms with Crippen LogP contribution in [-0.2, 0) is 19.6 Å². The molecule has 1 fully saturated rings. The highest BCUT2D eigenvalue weighted by molar-refractivity contribution is 5.51. The van der Waals surface area contributed by atoms with Crippen molar-refractivity contribution in [3.8, 4) is 17.2 Å². The fraction of sp³-hybridized carbons (Fsp3) is 0.600. The molecule has 28 heavy (non-hydrogen) atoms. The highest BCUT2D eigenvalue weighted by Gasteiger charge is 2.28. The summed E-state index contributed by atoms with van der Waals surface area (Å²) in [6.45, 7) is 6.85. The lowest BCUT2D eigenvalue weighted by Gasteiger charge is -2.33. The fourth-order valence-electron chi connectivity index (χ4n) is 4.49. The number of piperidine rings is 1. The molecular weight excluding hydrogens is 358 g/mol. The Morgan fingerprint density at radius 1 is 1.18 bits per heavy atom. The van der Waals surface area contributed by atoms with Gasteiger partial charge in [-0.2, -0.15) is 0 Å². The minimum Gasteiger partial charge on any atom is -0.496 e. The molecule has 0 unspecified atom stereocenters. The molecule has 8 heteroatoms. The molecule has 1 N–H and O–H groups in total. The summed E-state index contributed by atoms with van der Waals surface area (Å²) in [7, 11) is 1.71. The number of aromatic nitrogens is 3. The average molecular weight is 385 g/mol. The number of rotatable bonds is 4. The Kier molecular flexibility index (Phi) is 4.82. The molecule has 150 valence electrons. The first kappa shape index (κ1) is 17.8.